The second-order valence-electron chi connectivity index (χ2n) is 6.50. The number of benzene rings is 2. The maximum atomic E-state index is 10.3. The summed E-state index contributed by atoms with van der Waals surface area (Å²) >= 11 is 1.70. The van der Waals surface area contributed by atoms with E-state index in [9.17, 15) is 5.11 Å². The Kier molecular flexibility index (Phi) is 7.68. The minimum atomic E-state index is -0.601. The quantitative estimate of drug-likeness (QED) is 0.479. The van der Waals surface area contributed by atoms with E-state index in [1.165, 1.54) is 15.6 Å². The average molecular weight is 402 g/mol. The Morgan fingerprint density at radius 1 is 1.00 bits per heavy atom. The number of aliphatic hydroxyl groups excluding tert-OH is 1. The fourth-order valence-electron chi connectivity index (χ4n) is 3.02. The molecule has 0 saturated carbocycles. The molecule has 0 amide bonds. The zero-order valence-corrected chi connectivity index (χ0v) is 17.1. The molecule has 2 aromatic carbocycles. The number of ether oxygens (including phenoxy) is 3. The first-order chi connectivity index (χ1) is 13.7. The zero-order chi connectivity index (χ0) is 19.8. The Balaban J connectivity index is 1.32. The molecule has 1 unspecified atom stereocenters. The fourth-order valence-corrected chi connectivity index (χ4v) is 3.79. The van der Waals surface area contributed by atoms with E-state index in [0.717, 1.165) is 36.6 Å². The van der Waals surface area contributed by atoms with Gasteiger partial charge in [-0.25, -0.2) is 0 Å². The van der Waals surface area contributed by atoms with Gasteiger partial charge in [0.05, 0.1) is 27.4 Å². The molecule has 2 N–H and O–H groups in total. The van der Waals surface area contributed by atoms with E-state index < -0.39 is 6.10 Å². The molecular formula is C22H27NO4S. The predicted molar refractivity (Wildman–Crippen MR) is 114 cm³/mol. The molecular weight excluding hydrogens is 374 g/mol. The van der Waals surface area contributed by atoms with Gasteiger partial charge in [0.15, 0.2) is 11.5 Å². The smallest absolute Gasteiger partial charge is 0.160 e. The van der Waals surface area contributed by atoms with Crippen LogP contribution in [0, 0.1) is 0 Å². The van der Waals surface area contributed by atoms with Crippen LogP contribution in [0.1, 0.15) is 17.2 Å². The molecule has 0 spiro atoms. The van der Waals surface area contributed by atoms with Gasteiger partial charge < -0.3 is 24.6 Å². The lowest BCUT2D eigenvalue weighted by Crippen LogP contribution is -2.23. The number of hydrogen-bond donors (Lipinski definition) is 2. The number of thiophene rings is 1. The van der Waals surface area contributed by atoms with Crippen molar-refractivity contribution < 1.29 is 19.3 Å². The molecule has 3 rings (SSSR count). The molecule has 5 nitrogen and oxygen atoms in total. The molecule has 150 valence electrons. The first-order valence-corrected chi connectivity index (χ1v) is 10.2. The number of fused-ring (bicyclic) bond motifs is 1. The highest BCUT2D eigenvalue weighted by atomic mass is 32.1. The van der Waals surface area contributed by atoms with Crippen molar-refractivity contribution in [1.82, 2.24) is 5.32 Å². The van der Waals surface area contributed by atoms with E-state index in [2.05, 4.69) is 16.8 Å². The van der Waals surface area contributed by atoms with E-state index in [1.807, 2.05) is 36.4 Å². The molecule has 0 bridgehead atoms. The van der Waals surface area contributed by atoms with Crippen LogP contribution in [0.15, 0.2) is 47.8 Å². The van der Waals surface area contributed by atoms with Crippen LogP contribution >= 0.6 is 11.3 Å². The van der Waals surface area contributed by atoms with E-state index in [4.69, 9.17) is 14.2 Å². The van der Waals surface area contributed by atoms with Crippen molar-refractivity contribution in [2.75, 3.05) is 40.5 Å². The molecule has 1 heterocycles. The van der Waals surface area contributed by atoms with E-state index in [-0.39, 0.29) is 0 Å². The van der Waals surface area contributed by atoms with Gasteiger partial charge in [-0.1, -0.05) is 12.1 Å². The number of methoxy groups -OCH3 is 2. The molecule has 0 saturated heterocycles. The summed E-state index contributed by atoms with van der Waals surface area (Å²) in [5.41, 5.74) is 2.08. The third-order valence-corrected chi connectivity index (χ3v) is 5.50. The van der Waals surface area contributed by atoms with Gasteiger partial charge in [-0.05, 0) is 65.2 Å². The maximum absolute atomic E-state index is 10.3. The van der Waals surface area contributed by atoms with Crippen LogP contribution in [0.3, 0.4) is 0 Å². The van der Waals surface area contributed by atoms with Crippen LogP contribution in [-0.4, -0.2) is 45.6 Å². The second kappa shape index (κ2) is 10.4. The van der Waals surface area contributed by atoms with Crippen molar-refractivity contribution in [2.24, 2.45) is 0 Å². The summed E-state index contributed by atoms with van der Waals surface area (Å²) in [6.45, 7) is 2.44. The highest BCUT2D eigenvalue weighted by Crippen LogP contribution is 2.27. The molecule has 0 radical (unpaired) electrons. The SMILES string of the molecule is COc1ccc(CCNCCOCC(O)c2ccc3sccc3c2)cc1OC. The van der Waals surface area contributed by atoms with Crippen LogP contribution in [0.5, 0.6) is 11.5 Å². The largest absolute Gasteiger partial charge is 0.493 e. The number of rotatable bonds is 11. The summed E-state index contributed by atoms with van der Waals surface area (Å²) < 4.78 is 17.4. The van der Waals surface area contributed by atoms with Crippen molar-refractivity contribution in [3.63, 3.8) is 0 Å². The monoisotopic (exact) mass is 401 g/mol. The number of hydrogen-bond acceptors (Lipinski definition) is 6. The van der Waals surface area contributed by atoms with Gasteiger partial charge in [-0.15, -0.1) is 11.3 Å². The van der Waals surface area contributed by atoms with Crippen LogP contribution < -0.4 is 14.8 Å². The highest BCUT2D eigenvalue weighted by Gasteiger charge is 2.09. The van der Waals surface area contributed by atoms with Gasteiger partial charge in [0.25, 0.3) is 0 Å². The second-order valence-corrected chi connectivity index (χ2v) is 7.45. The minimum absolute atomic E-state index is 0.299. The molecule has 6 heteroatoms. The standard InChI is InChI=1S/C22H27NO4S/c1-25-20-5-3-16(13-21(20)26-2)7-9-23-10-11-27-15-19(24)17-4-6-22-18(14-17)8-12-28-22/h3-6,8,12-14,19,23-24H,7,9-11,15H2,1-2H3. The molecule has 0 aliphatic rings. The molecule has 28 heavy (non-hydrogen) atoms. The average Bonchev–Trinajstić information content (AvgIpc) is 3.20. The molecule has 0 aliphatic heterocycles. The topological polar surface area (TPSA) is 60.0 Å². The Labute approximate surface area is 169 Å². The molecule has 0 fully saturated rings. The van der Waals surface area contributed by atoms with E-state index in [0.29, 0.717) is 13.2 Å². The summed E-state index contributed by atoms with van der Waals surface area (Å²) in [5, 5.41) is 16.9. The molecule has 0 aliphatic carbocycles. The summed E-state index contributed by atoms with van der Waals surface area (Å²) in [5.74, 6) is 1.49. The lowest BCUT2D eigenvalue weighted by Gasteiger charge is -2.13. The summed E-state index contributed by atoms with van der Waals surface area (Å²) in [4.78, 5) is 0. The molecule has 1 aromatic heterocycles. The van der Waals surface area contributed by atoms with Crippen molar-refractivity contribution in [2.45, 2.75) is 12.5 Å². The van der Waals surface area contributed by atoms with Gasteiger partial charge in [0.2, 0.25) is 0 Å². The van der Waals surface area contributed by atoms with Gasteiger partial charge in [0.1, 0.15) is 6.10 Å². The van der Waals surface area contributed by atoms with Gasteiger partial charge >= 0.3 is 0 Å². The van der Waals surface area contributed by atoms with Gasteiger partial charge in [-0.2, -0.15) is 0 Å². The third kappa shape index (κ3) is 5.45. The van der Waals surface area contributed by atoms with Crippen LogP contribution in [0.25, 0.3) is 10.1 Å². The molecule has 3 aromatic rings. The summed E-state index contributed by atoms with van der Waals surface area (Å²) in [6.07, 6.45) is 0.292. The lowest BCUT2D eigenvalue weighted by molar-refractivity contribution is 0.0375. The van der Waals surface area contributed by atoms with Crippen molar-refractivity contribution in [3.05, 3.63) is 59.0 Å². The van der Waals surface area contributed by atoms with E-state index >= 15 is 0 Å². The third-order valence-electron chi connectivity index (χ3n) is 4.60. The van der Waals surface area contributed by atoms with Crippen molar-refractivity contribution >= 4 is 21.4 Å². The van der Waals surface area contributed by atoms with Crippen LogP contribution in [0.2, 0.25) is 0 Å². The lowest BCUT2D eigenvalue weighted by atomic mass is 10.1. The fraction of sp³-hybridized carbons (Fsp3) is 0.364. The Morgan fingerprint density at radius 2 is 1.86 bits per heavy atom. The Hall–Kier alpha value is -2.12. The van der Waals surface area contributed by atoms with E-state index in [1.54, 1.807) is 25.6 Å². The van der Waals surface area contributed by atoms with Crippen LogP contribution in [0.4, 0.5) is 0 Å². The van der Waals surface area contributed by atoms with Gasteiger partial charge in [0, 0.05) is 11.2 Å². The van der Waals surface area contributed by atoms with Crippen LogP contribution in [-0.2, 0) is 11.2 Å². The summed E-state index contributed by atoms with van der Waals surface area (Å²) in [7, 11) is 3.28. The maximum Gasteiger partial charge on any atom is 0.160 e. The van der Waals surface area contributed by atoms with Crippen molar-refractivity contribution in [3.8, 4) is 11.5 Å². The first-order valence-electron chi connectivity index (χ1n) is 9.36. The number of aliphatic hydroxyl groups is 1. The Bertz CT molecular complexity index is 880. The van der Waals surface area contributed by atoms with Crippen molar-refractivity contribution in [1.29, 1.82) is 0 Å². The first kappa shape index (κ1) is 20.6. The highest BCUT2D eigenvalue weighted by molar-refractivity contribution is 7.17. The van der Waals surface area contributed by atoms with Gasteiger partial charge in [-0.3, -0.25) is 0 Å². The number of nitrogens with one attached hydrogen (secondary N) is 1. The predicted octanol–water partition coefficient (Wildman–Crippen LogP) is 3.80. The zero-order valence-electron chi connectivity index (χ0n) is 16.3. The minimum Gasteiger partial charge on any atom is -0.493 e. The summed E-state index contributed by atoms with van der Waals surface area (Å²) in [6, 6.07) is 14.1. The Morgan fingerprint density at radius 3 is 2.68 bits per heavy atom. The normalized spacial score (nSPS) is 12.2. The molecule has 1 atom stereocenters.